The van der Waals surface area contributed by atoms with Crippen molar-refractivity contribution in [2.24, 2.45) is 23.7 Å². The Morgan fingerprint density at radius 3 is 2.40 bits per heavy atom. The van der Waals surface area contributed by atoms with Crippen LogP contribution in [-0.4, -0.2) is 29.2 Å². The highest BCUT2D eigenvalue weighted by atomic mass is 16.2. The molecule has 5 nitrogen and oxygen atoms in total. The van der Waals surface area contributed by atoms with Crippen molar-refractivity contribution in [2.75, 3.05) is 11.9 Å². The monoisotopic (exact) mass is 338 g/mol. The van der Waals surface area contributed by atoms with Crippen LogP contribution in [0.2, 0.25) is 0 Å². The maximum Gasteiger partial charge on any atom is 0.233 e. The zero-order chi connectivity index (χ0) is 17.7. The van der Waals surface area contributed by atoms with Gasteiger partial charge in [0, 0.05) is 18.7 Å². The van der Waals surface area contributed by atoms with E-state index in [-0.39, 0.29) is 54.4 Å². The van der Waals surface area contributed by atoms with Crippen molar-refractivity contribution in [2.45, 2.75) is 26.7 Å². The second-order valence-corrected chi connectivity index (χ2v) is 7.37. The van der Waals surface area contributed by atoms with Gasteiger partial charge in [-0.05, 0) is 49.3 Å². The minimum atomic E-state index is -0.190. The molecule has 3 amide bonds. The average Bonchev–Trinajstić information content (AvgIpc) is 3.25. The number of imide groups is 1. The summed E-state index contributed by atoms with van der Waals surface area (Å²) >= 11 is 0. The molecule has 1 aliphatic heterocycles. The molecule has 4 atom stereocenters. The normalized spacial score (nSPS) is 29.4. The van der Waals surface area contributed by atoms with Crippen molar-refractivity contribution >= 4 is 23.4 Å². The number of anilines is 1. The van der Waals surface area contributed by atoms with E-state index < -0.39 is 0 Å². The van der Waals surface area contributed by atoms with Gasteiger partial charge in [-0.15, -0.1) is 0 Å². The van der Waals surface area contributed by atoms with Crippen LogP contribution in [0.5, 0.6) is 0 Å². The van der Waals surface area contributed by atoms with E-state index in [0.29, 0.717) is 0 Å². The number of hydrogen-bond donors (Lipinski definition) is 1. The summed E-state index contributed by atoms with van der Waals surface area (Å²) in [6.45, 7) is 4.12. The minimum Gasteiger partial charge on any atom is -0.326 e. The summed E-state index contributed by atoms with van der Waals surface area (Å²) < 4.78 is 0. The molecule has 1 heterocycles. The van der Waals surface area contributed by atoms with Crippen molar-refractivity contribution in [1.29, 1.82) is 0 Å². The van der Waals surface area contributed by atoms with E-state index in [9.17, 15) is 14.4 Å². The summed E-state index contributed by atoms with van der Waals surface area (Å²) in [4.78, 5) is 38.8. The molecule has 1 aromatic carbocycles. The molecule has 1 N–H and O–H groups in total. The van der Waals surface area contributed by atoms with Crippen molar-refractivity contribution in [3.05, 3.63) is 41.5 Å². The molecular formula is C20H22N2O3. The number of amides is 3. The quantitative estimate of drug-likeness (QED) is 0.677. The van der Waals surface area contributed by atoms with Gasteiger partial charge in [0.2, 0.25) is 17.7 Å². The number of fused-ring (bicyclic) bond motifs is 5. The van der Waals surface area contributed by atoms with Crippen molar-refractivity contribution < 1.29 is 14.4 Å². The van der Waals surface area contributed by atoms with E-state index in [1.807, 2.05) is 32.0 Å². The lowest BCUT2D eigenvalue weighted by Gasteiger charge is -2.17. The molecule has 0 radical (unpaired) electrons. The number of nitrogens with one attached hydrogen (secondary N) is 1. The van der Waals surface area contributed by atoms with Gasteiger partial charge in [0.25, 0.3) is 0 Å². The van der Waals surface area contributed by atoms with Crippen molar-refractivity contribution in [1.82, 2.24) is 4.90 Å². The van der Waals surface area contributed by atoms with Gasteiger partial charge >= 0.3 is 0 Å². The van der Waals surface area contributed by atoms with Gasteiger partial charge in [-0.2, -0.15) is 0 Å². The topological polar surface area (TPSA) is 66.5 Å². The molecule has 1 aromatic rings. The minimum absolute atomic E-state index is 0.0913. The number of hydrogen-bond acceptors (Lipinski definition) is 3. The fourth-order valence-electron chi connectivity index (χ4n) is 4.50. The van der Waals surface area contributed by atoms with Crippen LogP contribution < -0.4 is 5.32 Å². The van der Waals surface area contributed by atoms with Crippen LogP contribution in [-0.2, 0) is 14.4 Å². The fraction of sp³-hybridized carbons (Fsp3) is 0.450. The molecule has 1 saturated carbocycles. The zero-order valence-electron chi connectivity index (χ0n) is 14.5. The Bertz CT molecular complexity index is 768. The first-order chi connectivity index (χ1) is 12.0. The lowest BCUT2D eigenvalue weighted by Crippen LogP contribution is -2.35. The number of carbonyl (C=O) groups is 3. The molecule has 5 heteroatoms. The summed E-state index contributed by atoms with van der Waals surface area (Å²) in [5.41, 5.74) is 2.92. The summed E-state index contributed by atoms with van der Waals surface area (Å²) in [7, 11) is 0. The van der Waals surface area contributed by atoms with Gasteiger partial charge < -0.3 is 5.32 Å². The Hall–Kier alpha value is -2.43. The first-order valence-corrected chi connectivity index (χ1v) is 8.87. The lowest BCUT2D eigenvalue weighted by molar-refractivity contribution is -0.140. The molecular weight excluding hydrogens is 316 g/mol. The largest absolute Gasteiger partial charge is 0.326 e. The van der Waals surface area contributed by atoms with E-state index >= 15 is 0 Å². The van der Waals surface area contributed by atoms with E-state index in [4.69, 9.17) is 0 Å². The smallest absolute Gasteiger partial charge is 0.233 e. The Labute approximate surface area is 147 Å². The highest BCUT2D eigenvalue weighted by Gasteiger charge is 2.58. The zero-order valence-corrected chi connectivity index (χ0v) is 14.5. The molecule has 0 aromatic heterocycles. The third kappa shape index (κ3) is 2.49. The second-order valence-electron chi connectivity index (χ2n) is 7.37. The predicted octanol–water partition coefficient (Wildman–Crippen LogP) is 2.44. The molecule has 4 rings (SSSR count). The molecule has 1 saturated heterocycles. The average molecular weight is 338 g/mol. The van der Waals surface area contributed by atoms with Crippen molar-refractivity contribution in [3.8, 4) is 0 Å². The van der Waals surface area contributed by atoms with E-state index in [0.717, 1.165) is 23.2 Å². The molecule has 2 fully saturated rings. The molecule has 3 aliphatic rings. The lowest BCUT2D eigenvalue weighted by atomic mass is 9.85. The van der Waals surface area contributed by atoms with E-state index in [1.165, 1.54) is 4.90 Å². The van der Waals surface area contributed by atoms with Crippen LogP contribution >= 0.6 is 0 Å². The van der Waals surface area contributed by atoms with Crippen molar-refractivity contribution in [3.63, 3.8) is 0 Å². The first kappa shape index (κ1) is 16.1. The second kappa shape index (κ2) is 5.83. The first-order valence-electron chi connectivity index (χ1n) is 8.87. The maximum absolute atomic E-state index is 12.6. The van der Waals surface area contributed by atoms with Crippen LogP contribution in [0.4, 0.5) is 5.69 Å². The molecule has 2 aliphatic carbocycles. The van der Waals surface area contributed by atoms with Gasteiger partial charge in [0.05, 0.1) is 11.8 Å². The third-order valence-electron chi connectivity index (χ3n) is 6.00. The van der Waals surface area contributed by atoms with E-state index in [2.05, 4.69) is 17.5 Å². The number of nitrogens with zero attached hydrogens (tertiary/aromatic N) is 1. The number of allylic oxidation sites excluding steroid dienone is 2. The summed E-state index contributed by atoms with van der Waals surface area (Å²) in [6.07, 6.45) is 5.21. The third-order valence-corrected chi connectivity index (χ3v) is 6.00. The predicted molar refractivity (Wildman–Crippen MR) is 93.6 cm³/mol. The van der Waals surface area contributed by atoms with Crippen LogP contribution in [0.15, 0.2) is 30.4 Å². The fourth-order valence-corrected chi connectivity index (χ4v) is 4.50. The maximum atomic E-state index is 12.6. The van der Waals surface area contributed by atoms with Crippen LogP contribution in [0.3, 0.4) is 0 Å². The van der Waals surface area contributed by atoms with Gasteiger partial charge in [-0.25, -0.2) is 0 Å². The highest BCUT2D eigenvalue weighted by molar-refractivity contribution is 6.06. The number of carbonyl (C=O) groups excluding carboxylic acids is 3. The molecule has 25 heavy (non-hydrogen) atoms. The number of likely N-dealkylation sites (tertiary alicyclic amines) is 1. The Morgan fingerprint density at radius 2 is 1.76 bits per heavy atom. The van der Waals surface area contributed by atoms with Gasteiger partial charge in [-0.3, -0.25) is 19.3 Å². The van der Waals surface area contributed by atoms with Gasteiger partial charge in [-0.1, -0.05) is 24.3 Å². The molecule has 0 spiro atoms. The molecule has 2 bridgehead atoms. The molecule has 130 valence electrons. The van der Waals surface area contributed by atoms with Gasteiger partial charge in [0.15, 0.2) is 0 Å². The summed E-state index contributed by atoms with van der Waals surface area (Å²) in [5.74, 6) is -0.320. The van der Waals surface area contributed by atoms with Crippen LogP contribution in [0, 0.1) is 37.5 Å². The Kier molecular flexibility index (Phi) is 3.74. The van der Waals surface area contributed by atoms with E-state index in [1.54, 1.807) is 0 Å². The Balaban J connectivity index is 1.39. The van der Waals surface area contributed by atoms with Crippen LogP contribution in [0.25, 0.3) is 0 Å². The standard InChI is InChI=1S/C20H22N2O3/c1-11-4-3-5-15(12(11)2)21-16(23)8-9-22-19(24)17-13-6-7-14(10-13)18(17)20(22)25/h3-7,13-14,17-18H,8-10H2,1-2H3,(H,21,23)/t13-,14+,17-,18-/m1/s1. The van der Waals surface area contributed by atoms with Crippen LogP contribution in [0.1, 0.15) is 24.0 Å². The molecule has 0 unspecified atom stereocenters. The SMILES string of the molecule is Cc1cccc(NC(=O)CCN2C(=O)[C@H]3[C@H](C2=O)[C@H]2C=C[C@@H]3C2)c1C. The highest BCUT2D eigenvalue weighted by Crippen LogP contribution is 2.52. The summed E-state index contributed by atoms with van der Waals surface area (Å²) in [5, 5.41) is 2.88. The number of rotatable bonds is 4. The number of benzene rings is 1. The van der Waals surface area contributed by atoms with Gasteiger partial charge in [0.1, 0.15) is 0 Å². The Morgan fingerprint density at radius 1 is 1.12 bits per heavy atom. The number of aryl methyl sites for hydroxylation is 1. The summed E-state index contributed by atoms with van der Waals surface area (Å²) in [6, 6.07) is 5.75.